The Morgan fingerprint density at radius 3 is 1.47 bits per heavy atom. The second-order valence-electron chi connectivity index (χ2n) is 17.3. The van der Waals surface area contributed by atoms with Gasteiger partial charge in [0.15, 0.2) is 6.29 Å². The highest BCUT2D eigenvalue weighted by molar-refractivity contribution is 5.76. The Morgan fingerprint density at radius 1 is 0.569 bits per heavy atom. The van der Waals surface area contributed by atoms with Crippen LogP contribution in [0.15, 0.2) is 24.3 Å². The van der Waals surface area contributed by atoms with Crippen molar-refractivity contribution in [1.29, 1.82) is 0 Å². The molecule has 58 heavy (non-hydrogen) atoms. The highest BCUT2D eigenvalue weighted by Gasteiger charge is 2.44. The highest BCUT2D eigenvalue weighted by atomic mass is 16.7. The molecule has 1 amide bonds. The van der Waals surface area contributed by atoms with Crippen LogP contribution in [0.1, 0.15) is 226 Å². The van der Waals surface area contributed by atoms with Crippen LogP contribution in [-0.2, 0) is 14.3 Å². The first-order valence-electron chi connectivity index (χ1n) is 24.6. The van der Waals surface area contributed by atoms with Gasteiger partial charge in [-0.25, -0.2) is 0 Å². The summed E-state index contributed by atoms with van der Waals surface area (Å²) in [4.78, 5) is 13.0. The first-order chi connectivity index (χ1) is 28.3. The second kappa shape index (κ2) is 39.8. The molecule has 0 bridgehead atoms. The van der Waals surface area contributed by atoms with Crippen molar-refractivity contribution in [1.82, 2.24) is 5.32 Å². The summed E-state index contributed by atoms with van der Waals surface area (Å²) in [5.41, 5.74) is 0. The summed E-state index contributed by atoms with van der Waals surface area (Å²) in [6.45, 7) is 3.73. The fourth-order valence-corrected chi connectivity index (χ4v) is 7.81. The maximum atomic E-state index is 13.0. The van der Waals surface area contributed by atoms with Crippen molar-refractivity contribution in [2.24, 2.45) is 0 Å². The molecule has 0 aromatic carbocycles. The van der Waals surface area contributed by atoms with Crippen molar-refractivity contribution in [3.63, 3.8) is 0 Å². The molecule has 0 spiro atoms. The van der Waals surface area contributed by atoms with Crippen molar-refractivity contribution in [3.05, 3.63) is 24.3 Å². The van der Waals surface area contributed by atoms with E-state index in [-0.39, 0.29) is 12.5 Å². The number of carbonyl (C=O) groups excluding carboxylic acids is 1. The van der Waals surface area contributed by atoms with E-state index >= 15 is 0 Å². The molecule has 1 saturated heterocycles. The van der Waals surface area contributed by atoms with E-state index in [1.807, 2.05) is 6.08 Å². The molecule has 9 nitrogen and oxygen atoms in total. The zero-order valence-corrected chi connectivity index (χ0v) is 37.6. The Bertz CT molecular complexity index is 961. The number of hydrogen-bond donors (Lipinski definition) is 6. The van der Waals surface area contributed by atoms with E-state index in [2.05, 4.69) is 31.3 Å². The molecule has 2 unspecified atom stereocenters. The lowest BCUT2D eigenvalue weighted by Crippen LogP contribution is -2.60. The Balaban J connectivity index is 2.26. The van der Waals surface area contributed by atoms with Crippen LogP contribution >= 0.6 is 0 Å². The standard InChI is InChI=1S/C49H93NO8/c1-3-5-7-9-11-13-15-17-18-19-20-21-22-23-24-25-27-29-31-33-35-37-39-45(53)50-42(41-57-49-48(56)47(55)46(54)44(40-51)58-49)43(52)38-36-34-32-30-28-26-16-14-12-10-8-6-4-2/h8,10,36,38,42-44,46-49,51-52,54-56H,3-7,9,11-35,37,39-41H2,1-2H3,(H,50,53)/b10-8+,38-36+/t42-,43+,44-,46-,47?,48?,49-/m0/s1. The van der Waals surface area contributed by atoms with Gasteiger partial charge in [-0.1, -0.05) is 205 Å². The molecule has 0 aliphatic carbocycles. The van der Waals surface area contributed by atoms with Gasteiger partial charge in [-0.3, -0.25) is 4.79 Å². The van der Waals surface area contributed by atoms with Gasteiger partial charge >= 0.3 is 0 Å². The molecule has 0 saturated carbocycles. The molecule has 1 aliphatic rings. The Morgan fingerprint density at radius 2 is 1.00 bits per heavy atom. The van der Waals surface area contributed by atoms with Crippen LogP contribution in [0, 0.1) is 0 Å². The number of unbranched alkanes of at least 4 members (excludes halogenated alkanes) is 29. The van der Waals surface area contributed by atoms with Gasteiger partial charge in [-0.15, -0.1) is 0 Å². The number of amides is 1. The minimum atomic E-state index is -1.56. The number of nitrogens with one attached hydrogen (secondary N) is 1. The van der Waals surface area contributed by atoms with E-state index in [1.54, 1.807) is 6.08 Å². The number of rotatable bonds is 41. The first kappa shape index (κ1) is 54.7. The zero-order chi connectivity index (χ0) is 42.3. The van der Waals surface area contributed by atoms with E-state index in [0.29, 0.717) is 6.42 Å². The van der Waals surface area contributed by atoms with Gasteiger partial charge in [-0.2, -0.15) is 0 Å². The van der Waals surface area contributed by atoms with Crippen LogP contribution in [0.3, 0.4) is 0 Å². The summed E-state index contributed by atoms with van der Waals surface area (Å²) in [5.74, 6) is -0.177. The maximum absolute atomic E-state index is 13.0. The summed E-state index contributed by atoms with van der Waals surface area (Å²) in [6.07, 6.45) is 40.9. The van der Waals surface area contributed by atoms with Crippen LogP contribution in [0.25, 0.3) is 0 Å². The average Bonchev–Trinajstić information content (AvgIpc) is 3.22. The van der Waals surface area contributed by atoms with Gasteiger partial charge in [0.05, 0.1) is 25.4 Å². The molecule has 0 radical (unpaired) electrons. The Hall–Kier alpha value is -1.33. The van der Waals surface area contributed by atoms with Crippen molar-refractivity contribution in [2.75, 3.05) is 13.2 Å². The summed E-state index contributed by atoms with van der Waals surface area (Å²) >= 11 is 0. The summed E-state index contributed by atoms with van der Waals surface area (Å²) in [6, 6.07) is -0.804. The van der Waals surface area contributed by atoms with Gasteiger partial charge in [0.2, 0.25) is 5.91 Å². The molecular weight excluding hydrogens is 731 g/mol. The zero-order valence-electron chi connectivity index (χ0n) is 37.6. The molecule has 1 heterocycles. The smallest absolute Gasteiger partial charge is 0.220 e. The summed E-state index contributed by atoms with van der Waals surface area (Å²) in [5, 5.41) is 54.2. The lowest BCUT2D eigenvalue weighted by atomic mass is 9.99. The molecule has 1 rings (SSSR count). The third-order valence-electron chi connectivity index (χ3n) is 11.8. The summed E-state index contributed by atoms with van der Waals surface area (Å²) < 4.78 is 11.2. The number of allylic oxidation sites excluding steroid dienone is 3. The normalized spacial score (nSPS) is 21.0. The lowest BCUT2D eigenvalue weighted by molar-refractivity contribution is -0.302. The highest BCUT2D eigenvalue weighted by Crippen LogP contribution is 2.23. The van der Waals surface area contributed by atoms with E-state index < -0.39 is 49.5 Å². The lowest BCUT2D eigenvalue weighted by Gasteiger charge is -2.40. The fraction of sp³-hybridized carbons (Fsp3) is 0.898. The average molecular weight is 824 g/mol. The molecule has 1 fully saturated rings. The van der Waals surface area contributed by atoms with Gasteiger partial charge in [0.1, 0.15) is 24.4 Å². The van der Waals surface area contributed by atoms with E-state index in [1.165, 1.54) is 161 Å². The number of carbonyl (C=O) groups is 1. The quantitative estimate of drug-likeness (QED) is 0.0264. The number of aliphatic hydroxyl groups is 5. The summed E-state index contributed by atoms with van der Waals surface area (Å²) in [7, 11) is 0. The minimum Gasteiger partial charge on any atom is -0.394 e. The van der Waals surface area contributed by atoms with Crippen molar-refractivity contribution < 1.29 is 39.8 Å². The predicted octanol–water partition coefficient (Wildman–Crippen LogP) is 10.7. The Kier molecular flexibility index (Phi) is 37.5. The maximum Gasteiger partial charge on any atom is 0.220 e. The van der Waals surface area contributed by atoms with Crippen LogP contribution in [-0.4, -0.2) is 87.5 Å². The van der Waals surface area contributed by atoms with E-state index in [9.17, 15) is 30.3 Å². The van der Waals surface area contributed by atoms with Gasteiger partial charge in [0, 0.05) is 6.42 Å². The molecule has 0 aromatic heterocycles. The molecule has 0 aromatic rings. The third kappa shape index (κ3) is 29.8. The van der Waals surface area contributed by atoms with Crippen LogP contribution in [0.4, 0.5) is 0 Å². The number of aliphatic hydroxyl groups excluding tert-OH is 5. The topological polar surface area (TPSA) is 149 Å². The Labute approximate surface area is 356 Å². The van der Waals surface area contributed by atoms with Crippen LogP contribution in [0.5, 0.6) is 0 Å². The van der Waals surface area contributed by atoms with Crippen molar-refractivity contribution in [2.45, 2.75) is 269 Å². The SMILES string of the molecule is CCC/C=C/CCCCCCCC/C=C/[C@@H](O)[C@H](CO[C@H]1O[C@@H](CO)[C@H](O)C(O)C1O)NC(=O)CCCCCCCCCCCCCCCCCCCCCCCC. The monoisotopic (exact) mass is 824 g/mol. The largest absolute Gasteiger partial charge is 0.394 e. The molecule has 6 N–H and O–H groups in total. The first-order valence-corrected chi connectivity index (χ1v) is 24.6. The second-order valence-corrected chi connectivity index (χ2v) is 17.3. The fourth-order valence-electron chi connectivity index (χ4n) is 7.81. The third-order valence-corrected chi connectivity index (χ3v) is 11.8. The molecule has 1 aliphatic heterocycles. The van der Waals surface area contributed by atoms with Crippen molar-refractivity contribution in [3.8, 4) is 0 Å². The van der Waals surface area contributed by atoms with Crippen LogP contribution in [0.2, 0.25) is 0 Å². The van der Waals surface area contributed by atoms with Gasteiger partial charge in [-0.05, 0) is 38.5 Å². The number of hydrogen-bond acceptors (Lipinski definition) is 8. The van der Waals surface area contributed by atoms with E-state index in [4.69, 9.17) is 9.47 Å². The molecule has 342 valence electrons. The molecule has 7 atom stereocenters. The minimum absolute atomic E-state index is 0.177. The van der Waals surface area contributed by atoms with E-state index in [0.717, 1.165) is 44.9 Å². The number of ether oxygens (including phenoxy) is 2. The van der Waals surface area contributed by atoms with Gasteiger partial charge < -0.3 is 40.3 Å². The molecule has 9 heteroatoms. The van der Waals surface area contributed by atoms with Gasteiger partial charge in [0.25, 0.3) is 0 Å². The van der Waals surface area contributed by atoms with Crippen LogP contribution < -0.4 is 5.32 Å². The molecular formula is C49H93NO8. The van der Waals surface area contributed by atoms with Crippen molar-refractivity contribution >= 4 is 5.91 Å². The predicted molar refractivity (Wildman–Crippen MR) is 240 cm³/mol.